The van der Waals surface area contributed by atoms with Crippen LogP contribution in [-0.2, 0) is 0 Å². The summed E-state index contributed by atoms with van der Waals surface area (Å²) in [5.41, 5.74) is 4.86. The molecule has 14 heavy (non-hydrogen) atoms. The number of nitrogen functional groups attached to an aromatic ring is 1. The smallest absolute Gasteiger partial charge is 0.171 e. The van der Waals surface area contributed by atoms with Gasteiger partial charge in [0.25, 0.3) is 0 Å². The summed E-state index contributed by atoms with van der Waals surface area (Å²) in [5.74, 6) is 0.967. The molecule has 0 bridgehead atoms. The molecule has 5 heteroatoms. The zero-order valence-corrected chi connectivity index (χ0v) is 8.73. The summed E-state index contributed by atoms with van der Waals surface area (Å²) >= 11 is 0. The minimum Gasteiger partial charge on any atom is -0.389 e. The van der Waals surface area contributed by atoms with E-state index < -0.39 is 5.60 Å². The van der Waals surface area contributed by atoms with Gasteiger partial charge < -0.3 is 15.7 Å². The third-order valence-electron chi connectivity index (χ3n) is 1.69. The fourth-order valence-electron chi connectivity index (χ4n) is 1.29. The summed E-state index contributed by atoms with van der Waals surface area (Å²) in [5, 5.41) is 9.61. The van der Waals surface area contributed by atoms with E-state index in [1.807, 2.05) is 7.05 Å². The Hall–Kier alpha value is -1.36. The summed E-state index contributed by atoms with van der Waals surface area (Å²) < 4.78 is 0. The van der Waals surface area contributed by atoms with Crippen molar-refractivity contribution < 1.29 is 5.11 Å². The van der Waals surface area contributed by atoms with Gasteiger partial charge in [-0.05, 0) is 13.8 Å². The van der Waals surface area contributed by atoms with E-state index in [9.17, 15) is 5.11 Å². The second-order valence-electron chi connectivity index (χ2n) is 3.93. The molecule has 0 radical (unpaired) electrons. The molecule has 0 saturated heterocycles. The maximum atomic E-state index is 9.61. The molecular formula is C9H16N4O. The summed E-state index contributed by atoms with van der Waals surface area (Å²) in [6.07, 6.45) is 3.11. The molecule has 78 valence electrons. The predicted octanol–water partition coefficient (Wildman–Crippen LogP) is 0.266. The molecule has 0 amide bonds. The van der Waals surface area contributed by atoms with E-state index in [0.29, 0.717) is 18.2 Å². The van der Waals surface area contributed by atoms with Crippen LogP contribution in [0.25, 0.3) is 0 Å². The average Bonchev–Trinajstić information content (AvgIpc) is 2.01. The SMILES string of the molecule is CN(CC(C)(C)O)c1nccnc1N. The summed E-state index contributed by atoms with van der Waals surface area (Å²) in [6, 6.07) is 0. The van der Waals surface area contributed by atoms with Crippen LogP contribution in [0.5, 0.6) is 0 Å². The van der Waals surface area contributed by atoms with Crippen molar-refractivity contribution in [1.29, 1.82) is 0 Å². The van der Waals surface area contributed by atoms with Gasteiger partial charge in [-0.1, -0.05) is 0 Å². The van der Waals surface area contributed by atoms with Gasteiger partial charge in [0.15, 0.2) is 11.6 Å². The molecular weight excluding hydrogens is 180 g/mol. The zero-order valence-electron chi connectivity index (χ0n) is 8.73. The third kappa shape index (κ3) is 2.85. The van der Waals surface area contributed by atoms with E-state index >= 15 is 0 Å². The highest BCUT2D eigenvalue weighted by Crippen LogP contribution is 2.16. The van der Waals surface area contributed by atoms with E-state index in [1.165, 1.54) is 6.20 Å². The maximum absolute atomic E-state index is 9.61. The first-order valence-corrected chi connectivity index (χ1v) is 4.40. The van der Waals surface area contributed by atoms with Crippen LogP contribution < -0.4 is 10.6 Å². The number of aliphatic hydroxyl groups is 1. The number of hydrogen-bond acceptors (Lipinski definition) is 5. The molecule has 5 nitrogen and oxygen atoms in total. The Morgan fingerprint density at radius 3 is 2.50 bits per heavy atom. The lowest BCUT2D eigenvalue weighted by atomic mass is 10.1. The van der Waals surface area contributed by atoms with Crippen LogP contribution in [0.2, 0.25) is 0 Å². The lowest BCUT2D eigenvalue weighted by molar-refractivity contribution is 0.0885. The van der Waals surface area contributed by atoms with Crippen LogP contribution in [-0.4, -0.2) is 34.3 Å². The standard InChI is InChI=1S/C9H16N4O/c1-9(2,14)6-13(3)8-7(10)11-4-5-12-8/h4-5,14H,6H2,1-3H3,(H2,10,11). The molecule has 0 spiro atoms. The quantitative estimate of drug-likeness (QED) is 0.725. The highest BCUT2D eigenvalue weighted by atomic mass is 16.3. The number of hydrogen-bond donors (Lipinski definition) is 2. The maximum Gasteiger partial charge on any atom is 0.171 e. The molecule has 0 unspecified atom stereocenters. The first-order chi connectivity index (χ1) is 6.40. The van der Waals surface area contributed by atoms with Crippen molar-refractivity contribution in [2.75, 3.05) is 24.2 Å². The van der Waals surface area contributed by atoms with Crippen LogP contribution in [0.1, 0.15) is 13.8 Å². The van der Waals surface area contributed by atoms with Gasteiger partial charge in [0.2, 0.25) is 0 Å². The second-order valence-corrected chi connectivity index (χ2v) is 3.93. The van der Waals surface area contributed by atoms with Crippen molar-refractivity contribution in [3.8, 4) is 0 Å². The Morgan fingerprint density at radius 1 is 1.43 bits per heavy atom. The van der Waals surface area contributed by atoms with Crippen molar-refractivity contribution >= 4 is 11.6 Å². The van der Waals surface area contributed by atoms with Gasteiger partial charge >= 0.3 is 0 Å². The second kappa shape index (κ2) is 3.79. The van der Waals surface area contributed by atoms with Gasteiger partial charge in [-0.15, -0.1) is 0 Å². The summed E-state index contributed by atoms with van der Waals surface area (Å²) in [7, 11) is 1.82. The van der Waals surface area contributed by atoms with Gasteiger partial charge in [-0.25, -0.2) is 9.97 Å². The van der Waals surface area contributed by atoms with Crippen LogP contribution >= 0.6 is 0 Å². The molecule has 1 rings (SSSR count). The monoisotopic (exact) mass is 196 g/mol. The Kier molecular flexibility index (Phi) is 2.90. The number of likely N-dealkylation sites (N-methyl/N-ethyl adjacent to an activating group) is 1. The molecule has 0 aliphatic rings. The van der Waals surface area contributed by atoms with Crippen LogP contribution in [0.4, 0.5) is 11.6 Å². The Morgan fingerprint density at radius 2 is 2.00 bits per heavy atom. The minimum absolute atomic E-state index is 0.374. The predicted molar refractivity (Wildman–Crippen MR) is 56.0 cm³/mol. The number of nitrogens with zero attached hydrogens (tertiary/aromatic N) is 3. The lowest BCUT2D eigenvalue weighted by Crippen LogP contribution is -2.37. The van der Waals surface area contributed by atoms with Crippen molar-refractivity contribution in [3.63, 3.8) is 0 Å². The van der Waals surface area contributed by atoms with Gasteiger partial charge in [0.05, 0.1) is 5.60 Å². The van der Waals surface area contributed by atoms with Crippen LogP contribution in [0.15, 0.2) is 12.4 Å². The van der Waals surface area contributed by atoms with E-state index in [2.05, 4.69) is 9.97 Å². The highest BCUT2D eigenvalue weighted by Gasteiger charge is 2.18. The number of aromatic nitrogens is 2. The zero-order chi connectivity index (χ0) is 10.8. The van der Waals surface area contributed by atoms with Crippen molar-refractivity contribution in [2.24, 2.45) is 0 Å². The number of anilines is 2. The molecule has 1 heterocycles. The molecule has 3 N–H and O–H groups in total. The molecule has 0 saturated carbocycles. The fraction of sp³-hybridized carbons (Fsp3) is 0.556. The number of rotatable bonds is 3. The van der Waals surface area contributed by atoms with Crippen molar-refractivity contribution in [2.45, 2.75) is 19.4 Å². The third-order valence-corrected chi connectivity index (χ3v) is 1.69. The minimum atomic E-state index is -0.779. The molecule has 0 atom stereocenters. The molecule has 0 fully saturated rings. The molecule has 0 aromatic carbocycles. The first-order valence-electron chi connectivity index (χ1n) is 4.40. The summed E-state index contributed by atoms with van der Waals surface area (Å²) in [4.78, 5) is 9.79. The average molecular weight is 196 g/mol. The highest BCUT2D eigenvalue weighted by molar-refractivity contribution is 5.56. The number of nitrogens with two attached hydrogens (primary N) is 1. The Bertz CT molecular complexity index is 308. The van der Waals surface area contributed by atoms with E-state index in [-0.39, 0.29) is 0 Å². The topological polar surface area (TPSA) is 75.3 Å². The normalized spacial score (nSPS) is 11.4. The van der Waals surface area contributed by atoms with Crippen molar-refractivity contribution in [1.82, 2.24) is 9.97 Å². The van der Waals surface area contributed by atoms with Crippen molar-refractivity contribution in [3.05, 3.63) is 12.4 Å². The molecule has 0 aliphatic heterocycles. The van der Waals surface area contributed by atoms with Gasteiger partial charge in [0.1, 0.15) is 0 Å². The largest absolute Gasteiger partial charge is 0.389 e. The Balaban J connectivity index is 2.80. The summed E-state index contributed by atoms with van der Waals surface area (Å²) in [6.45, 7) is 3.92. The van der Waals surface area contributed by atoms with E-state index in [4.69, 9.17) is 5.73 Å². The lowest BCUT2D eigenvalue weighted by Gasteiger charge is -2.26. The first kappa shape index (κ1) is 10.7. The van der Waals surface area contributed by atoms with E-state index in [0.717, 1.165) is 0 Å². The van der Waals surface area contributed by atoms with Gasteiger partial charge in [0, 0.05) is 26.0 Å². The van der Waals surface area contributed by atoms with Gasteiger partial charge in [-0.3, -0.25) is 0 Å². The van der Waals surface area contributed by atoms with Crippen LogP contribution in [0, 0.1) is 0 Å². The van der Waals surface area contributed by atoms with E-state index in [1.54, 1.807) is 24.9 Å². The van der Waals surface area contributed by atoms with Crippen LogP contribution in [0.3, 0.4) is 0 Å². The fourth-order valence-corrected chi connectivity index (χ4v) is 1.29. The molecule has 1 aromatic heterocycles. The van der Waals surface area contributed by atoms with Gasteiger partial charge in [-0.2, -0.15) is 0 Å². The molecule has 1 aromatic rings. The molecule has 0 aliphatic carbocycles. The Labute approximate surface area is 83.6 Å².